The Morgan fingerprint density at radius 2 is 1.64 bits per heavy atom. The molecule has 0 radical (unpaired) electrons. The quantitative estimate of drug-likeness (QED) is 0.850. The van der Waals surface area contributed by atoms with Crippen molar-refractivity contribution in [1.29, 1.82) is 0 Å². The molecule has 3 aliphatic rings. The Morgan fingerprint density at radius 3 is 2.14 bits per heavy atom. The Labute approximate surface area is 168 Å². The molecule has 0 atom stereocenters. The fraction of sp³-hybridized carbons (Fsp3) is 0.652. The van der Waals surface area contributed by atoms with Crippen LogP contribution in [0.2, 0.25) is 0 Å². The minimum Gasteiger partial charge on any atom is -0.352 e. The van der Waals surface area contributed by atoms with Crippen LogP contribution in [0.5, 0.6) is 0 Å². The monoisotopic (exact) mass is 383 g/mol. The standard InChI is InChI=1S/C23H33N3O2/c1-22(2,3)17-4-6-18(7-5-17)23(10-11-23)21(28)26-14-12-25(13-15-26)16-20(27)24-19-8-9-19/h4-7,19H,8-16H2,1-3H3,(H,24,27). The minimum atomic E-state index is -0.304. The van der Waals surface area contributed by atoms with Crippen molar-refractivity contribution in [2.24, 2.45) is 0 Å². The van der Waals surface area contributed by atoms with Crippen molar-refractivity contribution in [3.63, 3.8) is 0 Å². The highest BCUT2D eigenvalue weighted by Gasteiger charge is 2.53. The Kier molecular flexibility index (Phi) is 4.98. The summed E-state index contributed by atoms with van der Waals surface area (Å²) in [6.45, 7) is 10.1. The zero-order valence-electron chi connectivity index (χ0n) is 17.5. The molecule has 28 heavy (non-hydrogen) atoms. The topological polar surface area (TPSA) is 52.7 Å². The van der Waals surface area contributed by atoms with Gasteiger partial charge < -0.3 is 10.2 Å². The lowest BCUT2D eigenvalue weighted by atomic mass is 9.84. The van der Waals surface area contributed by atoms with Crippen LogP contribution in [0.4, 0.5) is 0 Å². The molecule has 1 aliphatic heterocycles. The van der Waals surface area contributed by atoms with E-state index in [0.717, 1.165) is 57.4 Å². The molecular weight excluding hydrogens is 350 g/mol. The van der Waals surface area contributed by atoms with Gasteiger partial charge in [-0.1, -0.05) is 45.0 Å². The van der Waals surface area contributed by atoms with Gasteiger partial charge in [0.05, 0.1) is 12.0 Å². The van der Waals surface area contributed by atoms with Gasteiger partial charge in [-0.15, -0.1) is 0 Å². The highest BCUT2D eigenvalue weighted by molar-refractivity contribution is 5.91. The maximum atomic E-state index is 13.3. The number of carbonyl (C=O) groups excluding carboxylic acids is 2. The lowest BCUT2D eigenvalue weighted by Crippen LogP contribution is -2.53. The second kappa shape index (κ2) is 7.18. The number of hydrogen-bond acceptors (Lipinski definition) is 3. The molecule has 2 saturated carbocycles. The number of carbonyl (C=O) groups is 2. The molecule has 0 aromatic heterocycles. The number of hydrogen-bond donors (Lipinski definition) is 1. The molecule has 1 aromatic rings. The molecule has 0 spiro atoms. The average Bonchev–Trinajstić information content (AvgIpc) is 3.57. The number of nitrogens with one attached hydrogen (secondary N) is 1. The van der Waals surface area contributed by atoms with Gasteiger partial charge in [0.25, 0.3) is 0 Å². The summed E-state index contributed by atoms with van der Waals surface area (Å²) in [6.07, 6.45) is 4.13. The van der Waals surface area contributed by atoms with E-state index >= 15 is 0 Å². The molecule has 5 heteroatoms. The van der Waals surface area contributed by atoms with E-state index in [9.17, 15) is 9.59 Å². The molecule has 4 rings (SSSR count). The van der Waals surface area contributed by atoms with Crippen molar-refractivity contribution in [3.8, 4) is 0 Å². The lowest BCUT2D eigenvalue weighted by molar-refractivity contribution is -0.136. The van der Waals surface area contributed by atoms with E-state index in [1.807, 2.05) is 4.90 Å². The SMILES string of the molecule is CC(C)(C)c1ccc(C2(C(=O)N3CCN(CC(=O)NC4CC4)CC3)CC2)cc1. The van der Waals surface area contributed by atoms with Gasteiger partial charge in [-0.05, 0) is 42.2 Å². The first-order chi connectivity index (χ1) is 13.3. The number of rotatable bonds is 5. The van der Waals surface area contributed by atoms with Crippen LogP contribution in [0.1, 0.15) is 57.6 Å². The molecule has 2 amide bonds. The predicted octanol–water partition coefficient (Wildman–Crippen LogP) is 2.44. The summed E-state index contributed by atoms with van der Waals surface area (Å²) in [5.74, 6) is 0.401. The summed E-state index contributed by atoms with van der Waals surface area (Å²) < 4.78 is 0. The van der Waals surface area contributed by atoms with Crippen molar-refractivity contribution >= 4 is 11.8 Å². The van der Waals surface area contributed by atoms with E-state index in [2.05, 4.69) is 55.3 Å². The molecule has 2 aliphatic carbocycles. The Morgan fingerprint density at radius 1 is 1.04 bits per heavy atom. The fourth-order valence-electron chi connectivity index (χ4n) is 4.16. The molecule has 1 heterocycles. The van der Waals surface area contributed by atoms with Gasteiger partial charge in [0, 0.05) is 32.2 Å². The van der Waals surface area contributed by atoms with Crippen LogP contribution in [0.25, 0.3) is 0 Å². The zero-order valence-corrected chi connectivity index (χ0v) is 17.5. The third-order valence-corrected chi connectivity index (χ3v) is 6.43. The van der Waals surface area contributed by atoms with Crippen LogP contribution in [0.15, 0.2) is 24.3 Å². The highest BCUT2D eigenvalue weighted by Crippen LogP contribution is 2.50. The molecule has 3 fully saturated rings. The van der Waals surface area contributed by atoms with Crippen LogP contribution < -0.4 is 5.32 Å². The van der Waals surface area contributed by atoms with E-state index in [1.165, 1.54) is 5.56 Å². The van der Waals surface area contributed by atoms with Gasteiger partial charge in [0.1, 0.15) is 0 Å². The number of nitrogens with zero attached hydrogens (tertiary/aromatic N) is 2. The molecule has 1 saturated heterocycles. The van der Waals surface area contributed by atoms with Crippen LogP contribution in [0.3, 0.4) is 0 Å². The van der Waals surface area contributed by atoms with Crippen molar-refractivity contribution in [3.05, 3.63) is 35.4 Å². The van der Waals surface area contributed by atoms with E-state index in [0.29, 0.717) is 12.6 Å². The Hall–Kier alpha value is -1.88. The number of amides is 2. The Bertz CT molecular complexity index is 734. The van der Waals surface area contributed by atoms with Crippen molar-refractivity contribution < 1.29 is 9.59 Å². The van der Waals surface area contributed by atoms with Crippen LogP contribution >= 0.6 is 0 Å². The maximum absolute atomic E-state index is 13.3. The van der Waals surface area contributed by atoms with Crippen molar-refractivity contribution in [2.75, 3.05) is 32.7 Å². The Balaban J connectivity index is 1.33. The molecule has 0 unspecified atom stereocenters. The first-order valence-corrected chi connectivity index (χ1v) is 10.7. The van der Waals surface area contributed by atoms with Crippen LogP contribution in [-0.2, 0) is 20.4 Å². The maximum Gasteiger partial charge on any atom is 0.234 e. The van der Waals surface area contributed by atoms with Crippen LogP contribution in [-0.4, -0.2) is 60.4 Å². The first-order valence-electron chi connectivity index (χ1n) is 10.7. The third-order valence-electron chi connectivity index (χ3n) is 6.43. The summed E-state index contributed by atoms with van der Waals surface area (Å²) in [4.78, 5) is 29.5. The van der Waals surface area contributed by atoms with E-state index in [1.54, 1.807) is 0 Å². The molecule has 5 nitrogen and oxygen atoms in total. The second-order valence-corrected chi connectivity index (χ2v) is 9.82. The van der Waals surface area contributed by atoms with E-state index in [4.69, 9.17) is 0 Å². The summed E-state index contributed by atoms with van der Waals surface area (Å²) in [5.41, 5.74) is 2.29. The van der Waals surface area contributed by atoms with Gasteiger partial charge >= 0.3 is 0 Å². The summed E-state index contributed by atoms with van der Waals surface area (Å²) >= 11 is 0. The van der Waals surface area contributed by atoms with Gasteiger partial charge in [0.2, 0.25) is 11.8 Å². The zero-order chi connectivity index (χ0) is 19.9. The van der Waals surface area contributed by atoms with Gasteiger partial charge in [-0.25, -0.2) is 0 Å². The van der Waals surface area contributed by atoms with Gasteiger partial charge in [0.15, 0.2) is 0 Å². The van der Waals surface area contributed by atoms with Crippen molar-refractivity contribution in [2.45, 2.75) is 63.3 Å². The van der Waals surface area contributed by atoms with Crippen LogP contribution in [0, 0.1) is 0 Å². The minimum absolute atomic E-state index is 0.125. The number of piperazine rings is 1. The number of benzene rings is 1. The summed E-state index contributed by atoms with van der Waals surface area (Å²) in [5, 5.41) is 3.04. The van der Waals surface area contributed by atoms with Gasteiger partial charge in [-0.3, -0.25) is 14.5 Å². The molecule has 1 aromatic carbocycles. The lowest BCUT2D eigenvalue weighted by Gasteiger charge is -2.36. The molecule has 0 bridgehead atoms. The van der Waals surface area contributed by atoms with Crippen molar-refractivity contribution in [1.82, 2.24) is 15.1 Å². The fourth-order valence-corrected chi connectivity index (χ4v) is 4.16. The van der Waals surface area contributed by atoms with E-state index < -0.39 is 0 Å². The largest absolute Gasteiger partial charge is 0.352 e. The molecular formula is C23H33N3O2. The average molecular weight is 384 g/mol. The second-order valence-electron chi connectivity index (χ2n) is 9.82. The van der Waals surface area contributed by atoms with Gasteiger partial charge in [-0.2, -0.15) is 0 Å². The summed E-state index contributed by atoms with van der Waals surface area (Å²) in [7, 11) is 0. The predicted molar refractivity (Wildman–Crippen MR) is 110 cm³/mol. The first kappa shape index (κ1) is 19.4. The molecule has 1 N–H and O–H groups in total. The normalized spacial score (nSPS) is 22.0. The molecule has 152 valence electrons. The van der Waals surface area contributed by atoms with E-state index in [-0.39, 0.29) is 22.6 Å². The third kappa shape index (κ3) is 4.09. The smallest absolute Gasteiger partial charge is 0.234 e. The highest BCUT2D eigenvalue weighted by atomic mass is 16.2. The summed E-state index contributed by atoms with van der Waals surface area (Å²) in [6, 6.07) is 9.08.